The molecule has 2 amide bonds. The van der Waals surface area contributed by atoms with Crippen LogP contribution in [0.25, 0.3) is 21.5 Å². The number of hydrogen-bond acceptors (Lipinski definition) is 6. The van der Waals surface area contributed by atoms with Crippen LogP contribution in [-0.4, -0.2) is 59.6 Å². The molecule has 8 heteroatoms. The van der Waals surface area contributed by atoms with Gasteiger partial charge in [-0.1, -0.05) is 29.8 Å². The molecule has 0 atom stereocenters. The Morgan fingerprint density at radius 2 is 1.73 bits per heavy atom. The molecule has 3 aromatic rings. The quantitative estimate of drug-likeness (QED) is 0.691. The lowest BCUT2D eigenvalue weighted by atomic mass is 10.1. The summed E-state index contributed by atoms with van der Waals surface area (Å²) >= 11 is 1.32. The topological polar surface area (TPSA) is 88.8 Å². The number of aryl methyl sites for hydroxylation is 1. The molecule has 0 radical (unpaired) electrons. The monoisotopic (exact) mass is 424 g/mol. The molecule has 2 aromatic heterocycles. The van der Waals surface area contributed by atoms with E-state index in [2.05, 4.69) is 12.1 Å². The smallest absolute Gasteiger partial charge is 0.409 e. The van der Waals surface area contributed by atoms with E-state index in [1.165, 1.54) is 16.9 Å². The highest BCUT2D eigenvalue weighted by molar-refractivity contribution is 7.21. The van der Waals surface area contributed by atoms with Crippen molar-refractivity contribution in [3.8, 4) is 11.3 Å². The van der Waals surface area contributed by atoms with Gasteiger partial charge in [-0.3, -0.25) is 4.79 Å². The van der Waals surface area contributed by atoms with Crippen molar-refractivity contribution in [2.45, 2.75) is 13.8 Å². The van der Waals surface area contributed by atoms with E-state index in [1.54, 1.807) is 16.7 Å². The number of amides is 2. The highest BCUT2D eigenvalue weighted by Gasteiger charge is 2.28. The molecule has 7 nitrogen and oxygen atoms in total. The molecule has 0 aliphatic carbocycles. The minimum atomic E-state index is -0.334. The maximum absolute atomic E-state index is 13.1. The number of aromatic nitrogens is 1. The van der Waals surface area contributed by atoms with E-state index in [4.69, 9.17) is 15.5 Å². The van der Waals surface area contributed by atoms with Gasteiger partial charge in [-0.2, -0.15) is 0 Å². The highest BCUT2D eigenvalue weighted by atomic mass is 32.1. The van der Waals surface area contributed by atoms with E-state index < -0.39 is 0 Å². The van der Waals surface area contributed by atoms with Crippen LogP contribution < -0.4 is 5.73 Å². The number of fused-ring (bicyclic) bond motifs is 1. The van der Waals surface area contributed by atoms with Crippen LogP contribution in [0.1, 0.15) is 22.2 Å². The van der Waals surface area contributed by atoms with Crippen LogP contribution in [0.3, 0.4) is 0 Å². The van der Waals surface area contributed by atoms with E-state index in [9.17, 15) is 9.59 Å². The second-order valence-electron chi connectivity index (χ2n) is 7.24. The first-order chi connectivity index (χ1) is 14.5. The van der Waals surface area contributed by atoms with Gasteiger partial charge in [-0.15, -0.1) is 11.3 Å². The van der Waals surface area contributed by atoms with Gasteiger partial charge in [-0.25, -0.2) is 9.78 Å². The summed E-state index contributed by atoms with van der Waals surface area (Å²) < 4.78 is 5.03. The summed E-state index contributed by atoms with van der Waals surface area (Å²) in [5, 5.41) is 0.796. The second-order valence-corrected chi connectivity index (χ2v) is 8.24. The Labute approximate surface area is 179 Å². The molecule has 0 saturated carbocycles. The zero-order chi connectivity index (χ0) is 21.3. The number of nitrogens with zero attached hydrogens (tertiary/aromatic N) is 3. The van der Waals surface area contributed by atoms with Gasteiger partial charge in [-0.05, 0) is 26.0 Å². The van der Waals surface area contributed by atoms with Crippen LogP contribution in [-0.2, 0) is 4.74 Å². The summed E-state index contributed by atoms with van der Waals surface area (Å²) in [5.74, 6) is -0.115. The Bertz CT molecular complexity index is 1090. The molecular weight excluding hydrogens is 400 g/mol. The first-order valence-corrected chi connectivity index (χ1v) is 10.8. The molecule has 1 aliphatic heterocycles. The molecule has 1 fully saturated rings. The molecule has 0 bridgehead atoms. The maximum atomic E-state index is 13.1. The van der Waals surface area contributed by atoms with Crippen molar-refractivity contribution >= 4 is 39.2 Å². The van der Waals surface area contributed by atoms with Gasteiger partial charge in [0.2, 0.25) is 0 Å². The molecule has 3 heterocycles. The number of carbonyl (C=O) groups excluding carboxylic acids is 2. The van der Waals surface area contributed by atoms with Crippen LogP contribution in [0.4, 0.5) is 10.5 Å². The molecule has 2 N–H and O–H groups in total. The minimum Gasteiger partial charge on any atom is -0.450 e. The normalized spacial score (nSPS) is 14.2. The van der Waals surface area contributed by atoms with Gasteiger partial charge < -0.3 is 20.3 Å². The van der Waals surface area contributed by atoms with Crippen LogP contribution in [0.2, 0.25) is 0 Å². The number of nitrogen functional groups attached to an aromatic ring is 1. The SMILES string of the molecule is CCOC(=O)N1CCN(C(=O)c2sc3nc(-c4ccc(C)cc4)ccc3c2N)CC1. The van der Waals surface area contributed by atoms with Crippen molar-refractivity contribution in [2.75, 3.05) is 38.5 Å². The number of rotatable bonds is 3. The lowest BCUT2D eigenvalue weighted by Crippen LogP contribution is -2.50. The third-order valence-corrected chi connectivity index (χ3v) is 6.33. The summed E-state index contributed by atoms with van der Waals surface area (Å²) in [5.41, 5.74) is 9.85. The third kappa shape index (κ3) is 3.82. The summed E-state index contributed by atoms with van der Waals surface area (Å²) in [6.07, 6.45) is -0.334. The van der Waals surface area contributed by atoms with E-state index in [1.807, 2.05) is 31.2 Å². The van der Waals surface area contributed by atoms with Crippen molar-refractivity contribution in [3.05, 3.63) is 46.8 Å². The number of ether oxygens (including phenoxy) is 1. The number of thiophene rings is 1. The van der Waals surface area contributed by atoms with E-state index in [0.717, 1.165) is 21.5 Å². The summed E-state index contributed by atoms with van der Waals surface area (Å²) in [6, 6.07) is 12.0. The van der Waals surface area contributed by atoms with Crippen LogP contribution in [0.5, 0.6) is 0 Å². The van der Waals surface area contributed by atoms with Gasteiger partial charge in [0.15, 0.2) is 0 Å². The molecule has 30 heavy (non-hydrogen) atoms. The zero-order valence-electron chi connectivity index (χ0n) is 17.1. The third-order valence-electron chi connectivity index (χ3n) is 5.23. The van der Waals surface area contributed by atoms with Crippen molar-refractivity contribution in [1.82, 2.24) is 14.8 Å². The zero-order valence-corrected chi connectivity index (χ0v) is 17.9. The van der Waals surface area contributed by atoms with Crippen LogP contribution in [0.15, 0.2) is 36.4 Å². The average molecular weight is 425 g/mol. The summed E-state index contributed by atoms with van der Waals surface area (Å²) in [6.45, 7) is 5.97. The first-order valence-electron chi connectivity index (χ1n) is 9.95. The maximum Gasteiger partial charge on any atom is 0.409 e. The summed E-state index contributed by atoms with van der Waals surface area (Å²) in [4.78, 5) is 34.3. The van der Waals surface area contributed by atoms with Crippen LogP contribution >= 0.6 is 11.3 Å². The van der Waals surface area contributed by atoms with E-state index in [0.29, 0.717) is 43.4 Å². The number of anilines is 1. The summed E-state index contributed by atoms with van der Waals surface area (Å²) in [7, 11) is 0. The average Bonchev–Trinajstić information content (AvgIpc) is 3.10. The second kappa shape index (κ2) is 8.31. The van der Waals surface area contributed by atoms with Gasteiger partial charge in [0.05, 0.1) is 18.0 Å². The molecule has 0 spiro atoms. The molecule has 1 saturated heterocycles. The van der Waals surface area contributed by atoms with Crippen molar-refractivity contribution in [3.63, 3.8) is 0 Å². The Hall–Kier alpha value is -3.13. The predicted octanol–water partition coefficient (Wildman–Crippen LogP) is 3.77. The molecule has 4 rings (SSSR count). The van der Waals surface area contributed by atoms with Gasteiger partial charge in [0.1, 0.15) is 9.71 Å². The number of pyridine rings is 1. The number of benzene rings is 1. The van der Waals surface area contributed by atoms with E-state index in [-0.39, 0.29) is 12.0 Å². The number of piperazine rings is 1. The molecule has 0 unspecified atom stereocenters. The molecule has 1 aromatic carbocycles. The Balaban J connectivity index is 1.54. The highest BCUT2D eigenvalue weighted by Crippen LogP contribution is 2.35. The fourth-order valence-corrected chi connectivity index (χ4v) is 4.55. The Kier molecular flexibility index (Phi) is 5.59. The fraction of sp³-hybridized carbons (Fsp3) is 0.318. The molecular formula is C22H24N4O3S. The number of hydrogen-bond donors (Lipinski definition) is 1. The van der Waals surface area contributed by atoms with Gasteiger partial charge in [0, 0.05) is 37.1 Å². The first kappa shape index (κ1) is 20.2. The van der Waals surface area contributed by atoms with E-state index >= 15 is 0 Å². The predicted molar refractivity (Wildman–Crippen MR) is 119 cm³/mol. The minimum absolute atomic E-state index is 0.115. The Morgan fingerprint density at radius 3 is 2.40 bits per heavy atom. The number of carbonyl (C=O) groups is 2. The lowest BCUT2D eigenvalue weighted by Gasteiger charge is -2.33. The largest absolute Gasteiger partial charge is 0.450 e. The van der Waals surface area contributed by atoms with Gasteiger partial charge >= 0.3 is 6.09 Å². The number of nitrogens with two attached hydrogens (primary N) is 1. The van der Waals surface area contributed by atoms with Crippen molar-refractivity contribution in [2.24, 2.45) is 0 Å². The molecule has 156 valence electrons. The van der Waals surface area contributed by atoms with Gasteiger partial charge in [0.25, 0.3) is 5.91 Å². The van der Waals surface area contributed by atoms with Crippen molar-refractivity contribution in [1.29, 1.82) is 0 Å². The molecule has 1 aliphatic rings. The van der Waals surface area contributed by atoms with Crippen LogP contribution in [0, 0.1) is 6.92 Å². The fourth-order valence-electron chi connectivity index (χ4n) is 3.49. The van der Waals surface area contributed by atoms with Crippen molar-refractivity contribution < 1.29 is 14.3 Å². The standard InChI is InChI=1S/C22H24N4O3S/c1-3-29-22(28)26-12-10-25(11-13-26)21(27)19-18(23)16-8-9-17(24-20(16)30-19)15-6-4-14(2)5-7-15/h4-9H,3,10-13,23H2,1-2H3. The Morgan fingerprint density at radius 1 is 1.07 bits per heavy atom. The lowest BCUT2D eigenvalue weighted by molar-refractivity contribution is 0.0575.